The van der Waals surface area contributed by atoms with Gasteiger partial charge in [0.1, 0.15) is 11.5 Å². The number of rotatable bonds is 8. The summed E-state index contributed by atoms with van der Waals surface area (Å²) in [7, 11) is 4.42. The van der Waals surface area contributed by atoms with Crippen LogP contribution in [0.15, 0.2) is 72.9 Å². The van der Waals surface area contributed by atoms with E-state index in [9.17, 15) is 0 Å². The van der Waals surface area contributed by atoms with Crippen molar-refractivity contribution in [2.45, 2.75) is 51.9 Å². The molecular formula is C34H45N7. The van der Waals surface area contributed by atoms with Crippen LogP contribution in [0.25, 0.3) is 11.0 Å². The monoisotopic (exact) mass is 551 g/mol. The molecule has 2 fully saturated rings. The highest BCUT2D eigenvalue weighted by Crippen LogP contribution is 2.33. The molecule has 2 aliphatic rings. The highest BCUT2D eigenvalue weighted by Gasteiger charge is 2.33. The third-order valence-electron chi connectivity index (χ3n) is 9.53. The summed E-state index contributed by atoms with van der Waals surface area (Å²) in [5.74, 6) is 2.99. The topological polar surface area (TPSA) is 54.5 Å². The Bertz CT molecular complexity index is 1400. The number of aromatic amines is 1. The lowest BCUT2D eigenvalue weighted by molar-refractivity contribution is 0.158. The van der Waals surface area contributed by atoms with Crippen LogP contribution in [0.4, 0.5) is 11.8 Å². The number of hydrogen-bond acceptors (Lipinski definition) is 6. The maximum absolute atomic E-state index is 5.29. The van der Waals surface area contributed by atoms with E-state index in [1.54, 1.807) is 0 Å². The number of anilines is 2. The molecule has 7 heteroatoms. The van der Waals surface area contributed by atoms with E-state index in [4.69, 9.17) is 9.97 Å². The van der Waals surface area contributed by atoms with E-state index in [2.05, 4.69) is 119 Å². The second-order valence-corrected chi connectivity index (χ2v) is 12.4. The average molecular weight is 552 g/mol. The molecule has 0 radical (unpaired) electrons. The molecule has 0 saturated carbocycles. The molecule has 2 aliphatic heterocycles. The molecule has 7 nitrogen and oxygen atoms in total. The molecule has 0 spiro atoms. The van der Waals surface area contributed by atoms with Gasteiger partial charge in [-0.15, -0.1) is 0 Å². The summed E-state index contributed by atoms with van der Waals surface area (Å²) in [6.07, 6.45) is 4.36. The van der Waals surface area contributed by atoms with Crippen LogP contribution in [0.1, 0.15) is 37.8 Å². The fraction of sp³-hybridized carbons (Fsp3) is 0.471. The summed E-state index contributed by atoms with van der Waals surface area (Å²) in [6, 6.07) is 24.5. The van der Waals surface area contributed by atoms with Gasteiger partial charge in [0.05, 0.1) is 5.39 Å². The lowest BCUT2D eigenvalue weighted by Crippen LogP contribution is -2.52. The number of aromatic nitrogens is 3. The molecule has 4 aromatic rings. The summed E-state index contributed by atoms with van der Waals surface area (Å²) >= 11 is 0. The van der Waals surface area contributed by atoms with E-state index < -0.39 is 0 Å². The molecule has 216 valence electrons. The molecule has 0 aliphatic carbocycles. The summed E-state index contributed by atoms with van der Waals surface area (Å²) in [4.78, 5) is 23.7. The van der Waals surface area contributed by atoms with Crippen molar-refractivity contribution in [1.29, 1.82) is 0 Å². The van der Waals surface area contributed by atoms with Crippen molar-refractivity contribution in [2.24, 2.45) is 11.8 Å². The summed E-state index contributed by atoms with van der Waals surface area (Å²) in [5.41, 5.74) is 3.67. The highest BCUT2D eigenvalue weighted by molar-refractivity contribution is 5.88. The minimum atomic E-state index is 0.355. The molecule has 4 atom stereocenters. The van der Waals surface area contributed by atoms with Crippen molar-refractivity contribution in [3.8, 4) is 0 Å². The smallest absolute Gasteiger partial charge is 0.229 e. The van der Waals surface area contributed by atoms with Crippen LogP contribution in [0.5, 0.6) is 0 Å². The molecule has 0 bridgehead atoms. The fourth-order valence-corrected chi connectivity index (χ4v) is 6.85. The average Bonchev–Trinajstić information content (AvgIpc) is 3.48. The maximum Gasteiger partial charge on any atom is 0.229 e. The Morgan fingerprint density at radius 3 is 1.83 bits per heavy atom. The van der Waals surface area contributed by atoms with Crippen molar-refractivity contribution in [3.05, 3.63) is 84.1 Å². The zero-order chi connectivity index (χ0) is 28.3. The van der Waals surface area contributed by atoms with E-state index in [0.717, 1.165) is 62.1 Å². The molecule has 4 heterocycles. The van der Waals surface area contributed by atoms with Gasteiger partial charge in [-0.25, -0.2) is 0 Å². The Morgan fingerprint density at radius 1 is 0.732 bits per heavy atom. The van der Waals surface area contributed by atoms with Gasteiger partial charge in [0.25, 0.3) is 0 Å². The predicted molar refractivity (Wildman–Crippen MR) is 169 cm³/mol. The van der Waals surface area contributed by atoms with Gasteiger partial charge in [0, 0.05) is 58.6 Å². The Hall–Kier alpha value is -3.42. The number of piperidine rings is 2. The first-order chi connectivity index (χ1) is 20.0. The van der Waals surface area contributed by atoms with Gasteiger partial charge in [-0.05, 0) is 55.0 Å². The fourth-order valence-electron chi connectivity index (χ4n) is 6.85. The third kappa shape index (κ3) is 6.11. The Labute approximate surface area is 245 Å². The van der Waals surface area contributed by atoms with E-state index in [0.29, 0.717) is 23.9 Å². The molecule has 6 rings (SSSR count). The Kier molecular flexibility index (Phi) is 8.26. The summed E-state index contributed by atoms with van der Waals surface area (Å²) in [5, 5.41) is 1.10. The first kappa shape index (κ1) is 27.7. The standard InChI is InChI=1S/C34H45N7/c1-25-16-19-40(21-27-11-7-5-8-12-27)23-30(25)38(3)33-29-15-18-35-32(29)36-34(37-33)39(4)31-24-41(20-17-26(31)2)22-28-13-9-6-10-14-28/h5-15,18,25-26,30-31H,16-17,19-24H2,1-4H3,(H,35,36,37)/t25-,26-,30+,31+/m1/s1. The summed E-state index contributed by atoms with van der Waals surface area (Å²) < 4.78 is 0. The van der Waals surface area contributed by atoms with E-state index in [1.165, 1.54) is 24.0 Å². The first-order valence-corrected chi connectivity index (χ1v) is 15.3. The van der Waals surface area contributed by atoms with Gasteiger partial charge in [0.15, 0.2) is 0 Å². The number of H-pyrrole nitrogens is 1. The quantitative estimate of drug-likeness (QED) is 0.305. The first-order valence-electron chi connectivity index (χ1n) is 15.3. The number of nitrogens with one attached hydrogen (secondary N) is 1. The van der Waals surface area contributed by atoms with Crippen LogP contribution < -0.4 is 9.80 Å². The SMILES string of the molecule is C[C@@H]1CCN(Cc2ccccc2)C[C@@H]1N(C)c1nc(N(C)[C@H]2CN(Cc3ccccc3)CC[C@H]2C)c2cc[nH]c2n1. The zero-order valence-electron chi connectivity index (χ0n) is 25.1. The van der Waals surface area contributed by atoms with Gasteiger partial charge < -0.3 is 14.8 Å². The van der Waals surface area contributed by atoms with Crippen molar-refractivity contribution < 1.29 is 0 Å². The minimum absolute atomic E-state index is 0.355. The van der Waals surface area contributed by atoms with Gasteiger partial charge >= 0.3 is 0 Å². The van der Waals surface area contributed by atoms with Gasteiger partial charge in [0.2, 0.25) is 5.95 Å². The highest BCUT2D eigenvalue weighted by atomic mass is 15.3. The normalized spacial score (nSPS) is 24.0. The Morgan fingerprint density at radius 2 is 1.27 bits per heavy atom. The van der Waals surface area contributed by atoms with Crippen LogP contribution in [0, 0.1) is 11.8 Å². The number of benzene rings is 2. The second-order valence-electron chi connectivity index (χ2n) is 12.4. The summed E-state index contributed by atoms with van der Waals surface area (Å²) in [6.45, 7) is 11.1. The number of likely N-dealkylation sites (tertiary alicyclic amines) is 2. The van der Waals surface area contributed by atoms with E-state index >= 15 is 0 Å². The number of hydrogen-bond donors (Lipinski definition) is 1. The number of nitrogens with zero attached hydrogens (tertiary/aromatic N) is 6. The van der Waals surface area contributed by atoms with Crippen molar-refractivity contribution >= 4 is 22.8 Å². The molecule has 2 aromatic carbocycles. The van der Waals surface area contributed by atoms with Crippen LogP contribution in [-0.2, 0) is 13.1 Å². The molecule has 41 heavy (non-hydrogen) atoms. The predicted octanol–water partition coefficient (Wildman–Crippen LogP) is 5.65. The molecule has 2 aromatic heterocycles. The van der Waals surface area contributed by atoms with Crippen LogP contribution in [0.2, 0.25) is 0 Å². The zero-order valence-corrected chi connectivity index (χ0v) is 25.1. The van der Waals surface area contributed by atoms with E-state index in [-0.39, 0.29) is 0 Å². The van der Waals surface area contributed by atoms with Crippen molar-refractivity contribution in [1.82, 2.24) is 24.8 Å². The Balaban J connectivity index is 1.23. The van der Waals surface area contributed by atoms with Crippen molar-refractivity contribution in [2.75, 3.05) is 50.1 Å². The lowest BCUT2D eigenvalue weighted by Gasteiger charge is -2.43. The molecule has 2 saturated heterocycles. The number of likely N-dealkylation sites (N-methyl/N-ethyl adjacent to an activating group) is 2. The van der Waals surface area contributed by atoms with Crippen LogP contribution in [0.3, 0.4) is 0 Å². The lowest BCUT2D eigenvalue weighted by atomic mass is 9.92. The van der Waals surface area contributed by atoms with Crippen LogP contribution >= 0.6 is 0 Å². The van der Waals surface area contributed by atoms with Crippen LogP contribution in [-0.4, -0.2) is 77.1 Å². The van der Waals surface area contributed by atoms with E-state index in [1.807, 2.05) is 6.20 Å². The third-order valence-corrected chi connectivity index (χ3v) is 9.53. The van der Waals surface area contributed by atoms with Gasteiger partial charge in [-0.3, -0.25) is 9.80 Å². The largest absolute Gasteiger partial charge is 0.354 e. The molecule has 0 amide bonds. The maximum atomic E-state index is 5.29. The van der Waals surface area contributed by atoms with Crippen molar-refractivity contribution in [3.63, 3.8) is 0 Å². The molecule has 1 N–H and O–H groups in total. The molecular weight excluding hydrogens is 506 g/mol. The van der Waals surface area contributed by atoms with Gasteiger partial charge in [-0.1, -0.05) is 74.5 Å². The molecule has 0 unspecified atom stereocenters. The second kappa shape index (κ2) is 12.2. The van der Waals surface area contributed by atoms with Gasteiger partial charge in [-0.2, -0.15) is 9.97 Å². The number of fused-ring (bicyclic) bond motifs is 1. The minimum Gasteiger partial charge on any atom is -0.354 e.